The molecule has 1 aliphatic rings. The van der Waals surface area contributed by atoms with E-state index < -0.39 is 16.8 Å². The Balaban J connectivity index is 2.32. The van der Waals surface area contributed by atoms with E-state index in [9.17, 15) is 14.9 Å². The number of hydrogen-bond donors (Lipinski definition) is 0. The van der Waals surface area contributed by atoms with Crippen molar-refractivity contribution >= 4 is 23.3 Å². The molecule has 0 aromatic carbocycles. The van der Waals surface area contributed by atoms with E-state index in [4.69, 9.17) is 11.6 Å². The minimum atomic E-state index is -0.665. The average molecular weight is 245 g/mol. The summed E-state index contributed by atoms with van der Waals surface area (Å²) in [7, 11) is 1.68. The molecule has 1 fully saturated rings. The number of nitro groups is 1. The van der Waals surface area contributed by atoms with Crippen LogP contribution in [-0.4, -0.2) is 39.1 Å². The fourth-order valence-electron chi connectivity index (χ4n) is 1.69. The van der Waals surface area contributed by atoms with Crippen LogP contribution in [0.2, 0.25) is 5.02 Å². The van der Waals surface area contributed by atoms with Gasteiger partial charge < -0.3 is 15.0 Å². The number of carbonyl (C=O) groups is 1. The van der Waals surface area contributed by atoms with E-state index in [-0.39, 0.29) is 10.9 Å². The van der Waals surface area contributed by atoms with Crippen molar-refractivity contribution in [3.63, 3.8) is 0 Å². The SMILES string of the molecule is CN1CCC(n2cc(Cl)c([N+](=O)[O-])n2)C1=O. The van der Waals surface area contributed by atoms with Gasteiger partial charge in [-0.1, -0.05) is 11.6 Å². The molecule has 1 aliphatic heterocycles. The number of aromatic nitrogens is 2. The molecule has 0 bridgehead atoms. The van der Waals surface area contributed by atoms with E-state index in [0.29, 0.717) is 13.0 Å². The quantitative estimate of drug-likeness (QED) is 0.570. The van der Waals surface area contributed by atoms with Gasteiger partial charge in [0.15, 0.2) is 11.1 Å². The van der Waals surface area contributed by atoms with Crippen molar-refractivity contribution in [1.29, 1.82) is 0 Å². The van der Waals surface area contributed by atoms with Crippen molar-refractivity contribution in [2.24, 2.45) is 0 Å². The van der Waals surface area contributed by atoms with E-state index in [1.54, 1.807) is 11.9 Å². The molecule has 2 heterocycles. The Morgan fingerprint density at radius 2 is 2.38 bits per heavy atom. The fourth-order valence-corrected chi connectivity index (χ4v) is 1.90. The highest BCUT2D eigenvalue weighted by molar-refractivity contribution is 6.32. The van der Waals surface area contributed by atoms with Crippen molar-refractivity contribution in [2.45, 2.75) is 12.5 Å². The molecule has 1 unspecified atom stereocenters. The van der Waals surface area contributed by atoms with Gasteiger partial charge in [-0.15, -0.1) is 0 Å². The maximum absolute atomic E-state index is 11.6. The first-order chi connectivity index (χ1) is 7.50. The molecule has 1 aromatic heterocycles. The van der Waals surface area contributed by atoms with Crippen LogP contribution in [0.15, 0.2) is 6.20 Å². The topological polar surface area (TPSA) is 81.3 Å². The molecule has 2 rings (SSSR count). The molecule has 1 aromatic rings. The first-order valence-electron chi connectivity index (χ1n) is 4.64. The molecule has 1 saturated heterocycles. The van der Waals surface area contributed by atoms with E-state index in [0.717, 1.165) is 0 Å². The molecule has 1 atom stereocenters. The van der Waals surface area contributed by atoms with Crippen LogP contribution in [0.25, 0.3) is 0 Å². The number of rotatable bonds is 2. The number of likely N-dealkylation sites (tertiary alicyclic amines) is 1. The Morgan fingerprint density at radius 3 is 2.81 bits per heavy atom. The minimum Gasteiger partial charge on any atom is -0.358 e. The Labute approximate surface area is 95.7 Å². The number of halogens is 1. The Hall–Kier alpha value is -1.63. The Kier molecular flexibility index (Phi) is 2.55. The number of hydrogen-bond acceptors (Lipinski definition) is 4. The zero-order chi connectivity index (χ0) is 11.9. The zero-order valence-electron chi connectivity index (χ0n) is 8.46. The highest BCUT2D eigenvalue weighted by Crippen LogP contribution is 2.27. The predicted octanol–water partition coefficient (Wildman–Crippen LogP) is 0.848. The van der Waals surface area contributed by atoms with Crippen molar-refractivity contribution < 1.29 is 9.72 Å². The largest absolute Gasteiger partial charge is 0.408 e. The second-order valence-electron chi connectivity index (χ2n) is 3.60. The molecule has 0 spiro atoms. The van der Waals surface area contributed by atoms with Crippen LogP contribution >= 0.6 is 11.6 Å². The summed E-state index contributed by atoms with van der Waals surface area (Å²) in [5, 5.41) is 14.2. The van der Waals surface area contributed by atoms with Gasteiger partial charge in [0.25, 0.3) is 0 Å². The van der Waals surface area contributed by atoms with Gasteiger partial charge in [-0.3, -0.25) is 4.79 Å². The summed E-state index contributed by atoms with van der Waals surface area (Å²) in [4.78, 5) is 23.1. The second kappa shape index (κ2) is 3.75. The number of amides is 1. The summed E-state index contributed by atoms with van der Waals surface area (Å²) >= 11 is 5.65. The lowest BCUT2D eigenvalue weighted by Crippen LogP contribution is -2.24. The maximum atomic E-state index is 11.6. The van der Waals surface area contributed by atoms with E-state index in [2.05, 4.69) is 5.10 Å². The van der Waals surface area contributed by atoms with Crippen LogP contribution in [0.3, 0.4) is 0 Å². The third-order valence-corrected chi connectivity index (χ3v) is 2.83. The number of nitrogens with zero attached hydrogens (tertiary/aromatic N) is 4. The maximum Gasteiger partial charge on any atom is 0.408 e. The van der Waals surface area contributed by atoms with Crippen LogP contribution in [0.5, 0.6) is 0 Å². The predicted molar refractivity (Wildman–Crippen MR) is 55.2 cm³/mol. The molecule has 1 amide bonds. The lowest BCUT2D eigenvalue weighted by atomic mass is 10.2. The lowest BCUT2D eigenvalue weighted by molar-refractivity contribution is -0.389. The molecular weight excluding hydrogens is 236 g/mol. The van der Waals surface area contributed by atoms with Crippen LogP contribution in [0.4, 0.5) is 5.82 Å². The lowest BCUT2D eigenvalue weighted by Gasteiger charge is -2.07. The molecular formula is C8H9ClN4O3. The van der Waals surface area contributed by atoms with Gasteiger partial charge in [0.05, 0.1) is 11.3 Å². The molecule has 7 nitrogen and oxygen atoms in total. The summed E-state index contributed by atoms with van der Waals surface area (Å²) in [6, 6.07) is -0.476. The first-order valence-corrected chi connectivity index (χ1v) is 5.02. The standard InChI is InChI=1S/C8H9ClN4O3/c1-11-3-2-6(8(11)14)12-4-5(9)7(10-12)13(15)16/h4,6H,2-3H2,1H3. The summed E-state index contributed by atoms with van der Waals surface area (Å²) in [5.74, 6) is -0.516. The number of likely N-dealkylation sites (N-methyl/N-ethyl adjacent to an activating group) is 1. The summed E-state index contributed by atoms with van der Waals surface area (Å²) < 4.78 is 1.27. The van der Waals surface area contributed by atoms with Gasteiger partial charge in [0, 0.05) is 13.6 Å². The molecule has 0 aliphatic carbocycles. The third-order valence-electron chi connectivity index (χ3n) is 2.56. The highest BCUT2D eigenvalue weighted by Gasteiger charge is 2.35. The van der Waals surface area contributed by atoms with Gasteiger partial charge in [0.2, 0.25) is 5.91 Å². The van der Waals surface area contributed by atoms with Crippen molar-refractivity contribution in [1.82, 2.24) is 14.7 Å². The Bertz CT molecular complexity index is 458. The molecule has 16 heavy (non-hydrogen) atoms. The third kappa shape index (κ3) is 1.63. The fraction of sp³-hybridized carbons (Fsp3) is 0.500. The van der Waals surface area contributed by atoms with Gasteiger partial charge in [-0.2, -0.15) is 4.68 Å². The molecule has 0 saturated carbocycles. The minimum absolute atomic E-state index is 0.0487. The van der Waals surface area contributed by atoms with Gasteiger partial charge in [0.1, 0.15) is 0 Å². The van der Waals surface area contributed by atoms with Gasteiger partial charge >= 0.3 is 5.82 Å². The van der Waals surface area contributed by atoms with Crippen LogP contribution in [0.1, 0.15) is 12.5 Å². The normalized spacial score (nSPS) is 20.5. The number of carbonyl (C=O) groups excluding carboxylic acids is 1. The highest BCUT2D eigenvalue weighted by atomic mass is 35.5. The second-order valence-corrected chi connectivity index (χ2v) is 4.01. The summed E-state index contributed by atoms with van der Waals surface area (Å²) in [6.45, 7) is 0.620. The monoisotopic (exact) mass is 244 g/mol. The van der Waals surface area contributed by atoms with E-state index in [1.165, 1.54) is 10.9 Å². The first kappa shape index (κ1) is 10.9. The van der Waals surface area contributed by atoms with Gasteiger partial charge in [-0.05, 0) is 11.3 Å². The van der Waals surface area contributed by atoms with Crippen molar-refractivity contribution in [3.8, 4) is 0 Å². The van der Waals surface area contributed by atoms with Crippen LogP contribution in [-0.2, 0) is 4.79 Å². The average Bonchev–Trinajstić information content (AvgIpc) is 2.73. The van der Waals surface area contributed by atoms with E-state index in [1.807, 2.05) is 0 Å². The van der Waals surface area contributed by atoms with Crippen LogP contribution in [0, 0.1) is 10.1 Å². The van der Waals surface area contributed by atoms with Crippen molar-refractivity contribution in [3.05, 3.63) is 21.3 Å². The zero-order valence-corrected chi connectivity index (χ0v) is 9.22. The summed E-state index contributed by atoms with van der Waals surface area (Å²) in [5.41, 5.74) is 0. The summed E-state index contributed by atoms with van der Waals surface area (Å²) in [6.07, 6.45) is 1.91. The van der Waals surface area contributed by atoms with Crippen molar-refractivity contribution in [2.75, 3.05) is 13.6 Å². The van der Waals surface area contributed by atoms with E-state index >= 15 is 0 Å². The Morgan fingerprint density at radius 1 is 1.69 bits per heavy atom. The van der Waals surface area contributed by atoms with Gasteiger partial charge in [-0.25, -0.2) is 0 Å². The molecule has 0 N–H and O–H groups in total. The molecule has 0 radical (unpaired) electrons. The smallest absolute Gasteiger partial charge is 0.358 e. The molecule has 8 heteroatoms. The van der Waals surface area contributed by atoms with Crippen LogP contribution < -0.4 is 0 Å². The molecule has 86 valence electrons.